The Hall–Kier alpha value is -2.51. The van der Waals surface area contributed by atoms with Gasteiger partial charge in [-0.2, -0.15) is 5.10 Å². The number of rotatable bonds is 4. The smallest absolute Gasteiger partial charge is 0.250 e. The van der Waals surface area contributed by atoms with Crippen molar-refractivity contribution in [3.05, 3.63) is 39.4 Å². The van der Waals surface area contributed by atoms with Gasteiger partial charge in [0, 0.05) is 24.3 Å². The highest BCUT2D eigenvalue weighted by atomic mass is 35.5. The molecular formula is C20H19Cl2N3O4. The van der Waals surface area contributed by atoms with Crippen LogP contribution in [0, 0.1) is 5.92 Å². The van der Waals surface area contributed by atoms with E-state index < -0.39 is 5.78 Å². The normalized spacial score (nSPS) is 18.3. The molecule has 1 aromatic rings. The molecule has 1 atom stereocenters. The number of benzene rings is 1. The second-order valence-electron chi connectivity index (χ2n) is 6.82. The number of hydrogen-bond donors (Lipinski definition) is 0. The van der Waals surface area contributed by atoms with Crippen molar-refractivity contribution < 1.29 is 19.1 Å². The first-order valence-corrected chi connectivity index (χ1v) is 9.81. The molecule has 0 spiro atoms. The number of carbonyl (C=O) groups excluding carboxylic acids is 3. The number of amides is 1. The van der Waals surface area contributed by atoms with Gasteiger partial charge < -0.3 is 4.74 Å². The van der Waals surface area contributed by atoms with E-state index >= 15 is 0 Å². The van der Waals surface area contributed by atoms with Gasteiger partial charge >= 0.3 is 0 Å². The summed E-state index contributed by atoms with van der Waals surface area (Å²) in [6.45, 7) is 3.97. The first-order chi connectivity index (χ1) is 13.7. The summed E-state index contributed by atoms with van der Waals surface area (Å²) in [6.07, 6.45) is 2.15. The van der Waals surface area contributed by atoms with Gasteiger partial charge in [-0.15, -0.1) is 0 Å². The molecule has 0 aromatic heterocycles. The van der Waals surface area contributed by atoms with Crippen LogP contribution in [0.4, 0.5) is 0 Å². The maximum Gasteiger partial charge on any atom is 0.250 e. The van der Waals surface area contributed by atoms with Gasteiger partial charge in [-0.05, 0) is 24.5 Å². The van der Waals surface area contributed by atoms with E-state index in [1.807, 2.05) is 13.8 Å². The predicted octanol–water partition coefficient (Wildman–Crippen LogP) is 3.46. The van der Waals surface area contributed by atoms with Crippen molar-refractivity contribution in [2.75, 3.05) is 13.6 Å². The molecule has 0 fully saturated rings. The van der Waals surface area contributed by atoms with E-state index in [2.05, 4.69) is 10.1 Å². The number of ether oxygens (including phenoxy) is 1. The molecule has 2 heterocycles. The first kappa shape index (κ1) is 21.2. The molecular weight excluding hydrogens is 417 g/mol. The fourth-order valence-corrected chi connectivity index (χ4v) is 3.48. The van der Waals surface area contributed by atoms with Crippen LogP contribution in [0.25, 0.3) is 0 Å². The molecule has 0 saturated heterocycles. The molecule has 2 aliphatic rings. The highest BCUT2D eigenvalue weighted by Crippen LogP contribution is 2.35. The average Bonchev–Trinajstić information content (AvgIpc) is 2.68. The summed E-state index contributed by atoms with van der Waals surface area (Å²) in [7, 11) is 1.47. The maximum absolute atomic E-state index is 12.2. The lowest BCUT2D eigenvalue weighted by molar-refractivity contribution is -0.134. The number of ketones is 2. The van der Waals surface area contributed by atoms with Gasteiger partial charge in [-0.1, -0.05) is 37.0 Å². The number of dihydropyridines is 1. The van der Waals surface area contributed by atoms with Gasteiger partial charge in [-0.25, -0.2) is 10.0 Å². The standard InChI is InChI=1S/C20H19Cl2N3O4/c1-4-10(2)12-7-17(23-9-16(12)27)29-20-13(21)5-11(6-14(20)22)19-15(26)8-18(28)25(3)24-19/h5-7,10H,4,8-9H2,1-3H3. The van der Waals surface area contributed by atoms with Crippen molar-refractivity contribution in [1.29, 1.82) is 0 Å². The largest absolute Gasteiger partial charge is 0.436 e. The fourth-order valence-electron chi connectivity index (χ4n) is 2.91. The molecule has 2 aliphatic heterocycles. The van der Waals surface area contributed by atoms with Gasteiger partial charge in [-0.3, -0.25) is 14.4 Å². The van der Waals surface area contributed by atoms with Crippen LogP contribution in [-0.4, -0.2) is 47.7 Å². The second-order valence-corrected chi connectivity index (χ2v) is 7.64. The molecule has 3 rings (SSSR count). The summed E-state index contributed by atoms with van der Waals surface area (Å²) in [5.74, 6) is -0.340. The van der Waals surface area contributed by atoms with E-state index in [1.54, 1.807) is 6.08 Å². The van der Waals surface area contributed by atoms with Crippen molar-refractivity contribution >= 4 is 52.3 Å². The van der Waals surface area contributed by atoms with Crippen molar-refractivity contribution in [3.8, 4) is 5.75 Å². The molecule has 0 saturated carbocycles. The van der Waals surface area contributed by atoms with Crippen LogP contribution < -0.4 is 4.74 Å². The summed E-state index contributed by atoms with van der Waals surface area (Å²) < 4.78 is 5.77. The van der Waals surface area contributed by atoms with Gasteiger partial charge in [0.05, 0.1) is 16.5 Å². The Morgan fingerprint density at radius 3 is 2.45 bits per heavy atom. The molecule has 0 radical (unpaired) electrons. The molecule has 0 N–H and O–H groups in total. The molecule has 7 nitrogen and oxygen atoms in total. The van der Waals surface area contributed by atoms with Gasteiger partial charge in [0.2, 0.25) is 11.8 Å². The highest BCUT2D eigenvalue weighted by Gasteiger charge is 2.28. The number of nitrogens with zero attached hydrogens (tertiary/aromatic N) is 3. The van der Waals surface area contributed by atoms with Crippen LogP contribution in [0.1, 0.15) is 32.3 Å². The molecule has 1 amide bonds. The van der Waals surface area contributed by atoms with Crippen LogP contribution in [0.3, 0.4) is 0 Å². The second kappa shape index (κ2) is 8.47. The molecule has 1 unspecified atom stereocenters. The van der Waals surface area contributed by atoms with Gasteiger partial charge in [0.15, 0.2) is 17.3 Å². The third kappa shape index (κ3) is 4.41. The molecule has 0 aliphatic carbocycles. The van der Waals surface area contributed by atoms with Crippen LogP contribution in [0.2, 0.25) is 10.0 Å². The lowest BCUT2D eigenvalue weighted by Gasteiger charge is -2.20. The van der Waals surface area contributed by atoms with Crippen LogP contribution in [0.5, 0.6) is 5.75 Å². The zero-order valence-electron chi connectivity index (χ0n) is 16.2. The SMILES string of the molecule is CCC(C)C1=CC(Oc2c(Cl)cc(C3=NN(C)C(=O)CC3=O)cc2Cl)=NCC1=O. The number of hydrogen-bond acceptors (Lipinski definition) is 6. The summed E-state index contributed by atoms with van der Waals surface area (Å²) in [5.41, 5.74) is 1.13. The van der Waals surface area contributed by atoms with E-state index in [9.17, 15) is 14.4 Å². The Morgan fingerprint density at radius 1 is 1.17 bits per heavy atom. The van der Waals surface area contributed by atoms with E-state index in [0.717, 1.165) is 11.4 Å². The summed E-state index contributed by atoms with van der Waals surface area (Å²) in [4.78, 5) is 40.0. The van der Waals surface area contributed by atoms with E-state index in [-0.39, 0.29) is 58.0 Å². The Balaban J connectivity index is 1.91. The van der Waals surface area contributed by atoms with Crippen LogP contribution >= 0.6 is 23.2 Å². The molecule has 0 bridgehead atoms. The van der Waals surface area contributed by atoms with Crippen molar-refractivity contribution in [3.63, 3.8) is 0 Å². The summed E-state index contributed by atoms with van der Waals surface area (Å²) in [5, 5.41) is 5.43. The highest BCUT2D eigenvalue weighted by molar-refractivity contribution is 6.50. The van der Waals surface area contributed by atoms with E-state index in [4.69, 9.17) is 27.9 Å². The Bertz CT molecular complexity index is 974. The number of carbonyl (C=O) groups is 3. The molecule has 1 aromatic carbocycles. The van der Waals surface area contributed by atoms with Crippen molar-refractivity contribution in [2.45, 2.75) is 26.7 Å². The average molecular weight is 436 g/mol. The van der Waals surface area contributed by atoms with Gasteiger partial charge in [0.1, 0.15) is 12.3 Å². The number of hydrazone groups is 1. The Labute approximate surface area is 178 Å². The molecule has 9 heteroatoms. The summed E-state index contributed by atoms with van der Waals surface area (Å²) in [6, 6.07) is 2.99. The molecule has 152 valence electrons. The summed E-state index contributed by atoms with van der Waals surface area (Å²) >= 11 is 12.7. The maximum atomic E-state index is 12.2. The van der Waals surface area contributed by atoms with Crippen molar-refractivity contribution in [1.82, 2.24) is 5.01 Å². The van der Waals surface area contributed by atoms with Crippen LogP contribution in [0.15, 0.2) is 33.9 Å². The predicted molar refractivity (Wildman–Crippen MR) is 111 cm³/mol. The van der Waals surface area contributed by atoms with Crippen molar-refractivity contribution in [2.24, 2.45) is 16.0 Å². The van der Waals surface area contributed by atoms with Gasteiger partial charge in [0.25, 0.3) is 0 Å². The fraction of sp³-hybridized carbons (Fsp3) is 0.350. The minimum Gasteiger partial charge on any atom is -0.436 e. The zero-order chi connectivity index (χ0) is 21.3. The zero-order valence-corrected chi connectivity index (χ0v) is 17.7. The lowest BCUT2D eigenvalue weighted by Crippen LogP contribution is -2.35. The Morgan fingerprint density at radius 2 is 1.83 bits per heavy atom. The minimum absolute atomic E-state index is 0.00446. The lowest BCUT2D eigenvalue weighted by atomic mass is 9.93. The quantitative estimate of drug-likeness (QED) is 0.677. The minimum atomic E-state index is -0.412. The third-order valence-electron chi connectivity index (χ3n) is 4.79. The Kier molecular flexibility index (Phi) is 6.19. The number of halogens is 2. The number of aliphatic imine (C=N–C) groups is 1. The number of Topliss-reactive ketones (excluding diaryl/α,β-unsaturated/α-hetero) is 2. The van der Waals surface area contributed by atoms with Crippen LogP contribution in [-0.2, 0) is 14.4 Å². The topological polar surface area (TPSA) is 88.4 Å². The third-order valence-corrected chi connectivity index (χ3v) is 5.35. The first-order valence-electron chi connectivity index (χ1n) is 9.06. The van der Waals surface area contributed by atoms with E-state index in [1.165, 1.54) is 19.2 Å². The molecule has 29 heavy (non-hydrogen) atoms. The van der Waals surface area contributed by atoms with E-state index in [0.29, 0.717) is 11.1 Å². The monoisotopic (exact) mass is 435 g/mol.